The van der Waals surface area contributed by atoms with Crippen LogP contribution < -0.4 is 11.1 Å². The molecule has 19 nitrogen and oxygen atoms in total. The molecule has 0 radical (unpaired) electrons. The van der Waals surface area contributed by atoms with Crippen molar-refractivity contribution < 1.29 is 88.5 Å². The number of aliphatic hydroxyl groups excluding tert-OH is 1. The molecule has 0 aliphatic rings. The van der Waals surface area contributed by atoms with Gasteiger partial charge in [0, 0.05) is 31.5 Å². The summed E-state index contributed by atoms with van der Waals surface area (Å²) >= 11 is 0. The lowest BCUT2D eigenvalue weighted by molar-refractivity contribution is 0.0721. The van der Waals surface area contributed by atoms with Crippen molar-refractivity contribution in [3.63, 3.8) is 0 Å². The van der Waals surface area contributed by atoms with Crippen LogP contribution in [0.15, 0.2) is 0 Å². The number of halogens is 2. The highest BCUT2D eigenvalue weighted by Gasteiger charge is 2.28. The molecule has 0 rings (SSSR count). The normalized spacial score (nSPS) is 19.0. The van der Waals surface area contributed by atoms with Crippen molar-refractivity contribution in [2.24, 2.45) is 11.8 Å². The summed E-state index contributed by atoms with van der Waals surface area (Å²) < 4.78 is 101. The summed E-state index contributed by atoms with van der Waals surface area (Å²) in [7, 11) is -19.1. The van der Waals surface area contributed by atoms with Gasteiger partial charge in [0.05, 0.1) is 46.2 Å². The second kappa shape index (κ2) is 18.5. The summed E-state index contributed by atoms with van der Waals surface area (Å²) in [5.41, 5.74) is 2.41. The van der Waals surface area contributed by atoms with E-state index in [0.29, 0.717) is 0 Å². The number of rotatable bonds is 24. The molecule has 0 saturated carbocycles. The van der Waals surface area contributed by atoms with Gasteiger partial charge in [-0.15, -0.1) is 8.96 Å². The molecule has 0 aromatic rings. The maximum absolute atomic E-state index is 12.3. The smallest absolute Gasteiger partial charge is 0.396 e. The molecule has 5 atom stereocenters. The molecule has 0 amide bonds. The predicted molar refractivity (Wildman–Crippen MR) is 115 cm³/mol. The summed E-state index contributed by atoms with van der Waals surface area (Å²) in [6, 6.07) is 0. The van der Waals surface area contributed by atoms with Gasteiger partial charge in [-0.1, -0.05) is 0 Å². The third kappa shape index (κ3) is 21.7. The Bertz CT molecular complexity index is 821. The topological polar surface area (TPSA) is 278 Å². The first-order valence-corrected chi connectivity index (χ1v) is 15.9. The minimum atomic E-state index is -4.88. The number of hydrogen-bond donors (Lipinski definition) is 8. The van der Waals surface area contributed by atoms with Crippen molar-refractivity contribution in [3.8, 4) is 0 Å². The van der Waals surface area contributed by atoms with Gasteiger partial charge in [0.25, 0.3) is 0 Å². The Balaban J connectivity index is 4.27. The monoisotopic (exact) mass is 636 g/mol. The molecule has 25 heteroatoms. The van der Waals surface area contributed by atoms with Crippen molar-refractivity contribution in [1.29, 1.82) is 0 Å². The summed E-state index contributed by atoms with van der Waals surface area (Å²) in [6.45, 7) is -6.56. The van der Waals surface area contributed by atoms with Crippen LogP contribution in [-0.4, -0.2) is 95.5 Å². The van der Waals surface area contributed by atoms with Gasteiger partial charge in [-0.05, 0) is 0 Å². The Hall–Kier alpha value is 0.180. The zero-order valence-corrected chi connectivity index (χ0v) is 22.5. The zero-order chi connectivity index (χ0) is 28.6. The van der Waals surface area contributed by atoms with Crippen LogP contribution >= 0.6 is 31.3 Å². The van der Waals surface area contributed by atoms with Gasteiger partial charge in [0.15, 0.2) is 0 Å². The first-order chi connectivity index (χ1) is 17.0. The van der Waals surface area contributed by atoms with E-state index in [4.69, 9.17) is 14.9 Å². The van der Waals surface area contributed by atoms with Crippen molar-refractivity contribution >= 4 is 31.3 Å². The second-order valence-corrected chi connectivity index (χ2v) is 12.3. The fraction of sp³-hybridized carbons (Fsp3) is 1.00. The van der Waals surface area contributed by atoms with E-state index in [1.165, 1.54) is 11.1 Å². The summed E-state index contributed by atoms with van der Waals surface area (Å²) in [4.78, 5) is 45.7. The van der Waals surface area contributed by atoms with Crippen LogP contribution in [0.2, 0.25) is 0 Å². The van der Waals surface area contributed by atoms with E-state index in [0.717, 1.165) is 0 Å². The Labute approximate surface area is 209 Å². The highest BCUT2D eigenvalue weighted by atomic mass is 31.2. The molecule has 0 saturated heterocycles. The van der Waals surface area contributed by atoms with Crippen molar-refractivity contribution in [3.05, 3.63) is 0 Å². The van der Waals surface area contributed by atoms with Crippen LogP contribution in [-0.2, 0) is 49.9 Å². The fourth-order valence-electron chi connectivity index (χ4n) is 1.88. The van der Waals surface area contributed by atoms with E-state index in [1.807, 2.05) is 0 Å². The van der Waals surface area contributed by atoms with Crippen molar-refractivity contribution in [2.45, 2.75) is 0 Å². The van der Waals surface area contributed by atoms with Crippen molar-refractivity contribution in [2.75, 3.05) is 65.9 Å². The quantitative estimate of drug-likeness (QED) is 0.0382. The van der Waals surface area contributed by atoms with Gasteiger partial charge in [-0.2, -0.15) is 11.1 Å². The molecule has 0 aromatic heterocycles. The predicted octanol–water partition coefficient (Wildman–Crippen LogP) is -0.331. The lowest BCUT2D eigenvalue weighted by Gasteiger charge is -2.18. The van der Waals surface area contributed by atoms with Crippen LogP contribution in [0.5, 0.6) is 0 Å². The van der Waals surface area contributed by atoms with Crippen LogP contribution in [0.4, 0.5) is 8.96 Å². The van der Waals surface area contributed by atoms with Gasteiger partial charge in [0.2, 0.25) is 0 Å². The van der Waals surface area contributed by atoms with Gasteiger partial charge >= 0.3 is 31.3 Å². The SMILES string of the molecule is O=P(O)(O)OCC(CNF)COP(=O)(O)OCCOP(=O)(O)OCCOP(=O)(O)OCC(CO)CNF. The van der Waals surface area contributed by atoms with Crippen LogP contribution in [0.25, 0.3) is 0 Å². The molecular formula is C12H30F2N2O17P4. The molecule has 0 spiro atoms. The molecule has 0 aromatic carbocycles. The number of phosphoric ester groups is 4. The van der Waals surface area contributed by atoms with Gasteiger partial charge in [0.1, 0.15) is 0 Å². The Morgan fingerprint density at radius 1 is 0.568 bits per heavy atom. The molecule has 0 aliphatic heterocycles. The summed E-state index contributed by atoms with van der Waals surface area (Å²) in [5, 5.41) is 8.92. The summed E-state index contributed by atoms with van der Waals surface area (Å²) in [6.07, 6.45) is 0. The highest BCUT2D eigenvalue weighted by molar-refractivity contribution is 7.48. The zero-order valence-electron chi connectivity index (χ0n) is 18.9. The summed E-state index contributed by atoms with van der Waals surface area (Å²) in [5.74, 6) is -1.97. The molecular weight excluding hydrogens is 606 g/mol. The van der Waals surface area contributed by atoms with E-state index < -0.39 is 103 Å². The molecule has 5 unspecified atom stereocenters. The Kier molecular flexibility index (Phi) is 18.6. The Morgan fingerprint density at radius 2 is 0.892 bits per heavy atom. The van der Waals surface area contributed by atoms with Gasteiger partial charge in [-0.3, -0.25) is 31.7 Å². The largest absolute Gasteiger partial charge is 0.472 e. The molecule has 224 valence electrons. The maximum Gasteiger partial charge on any atom is 0.472 e. The van der Waals surface area contributed by atoms with Crippen LogP contribution in [0, 0.1) is 11.8 Å². The minimum absolute atomic E-state index is 0.363. The van der Waals surface area contributed by atoms with Crippen molar-refractivity contribution in [1.82, 2.24) is 11.1 Å². The van der Waals surface area contributed by atoms with Crippen LogP contribution in [0.1, 0.15) is 0 Å². The molecule has 0 heterocycles. The van der Waals surface area contributed by atoms with Crippen LogP contribution in [0.3, 0.4) is 0 Å². The minimum Gasteiger partial charge on any atom is -0.396 e. The van der Waals surface area contributed by atoms with E-state index in [-0.39, 0.29) is 6.54 Å². The second-order valence-electron chi connectivity index (χ2n) is 6.71. The number of phosphoric acid groups is 4. The Morgan fingerprint density at radius 3 is 1.24 bits per heavy atom. The van der Waals surface area contributed by atoms with Gasteiger partial charge in [-0.25, -0.2) is 18.3 Å². The number of hydrogen-bond acceptors (Lipinski definition) is 14. The fourth-order valence-corrected chi connectivity index (χ4v) is 4.53. The van der Waals surface area contributed by atoms with E-state index in [2.05, 4.69) is 31.7 Å². The third-order valence-electron chi connectivity index (χ3n) is 3.60. The average Bonchev–Trinajstić information content (AvgIpc) is 2.78. The molecule has 37 heavy (non-hydrogen) atoms. The van der Waals surface area contributed by atoms with Gasteiger partial charge < -0.3 is 29.6 Å². The molecule has 8 N–H and O–H groups in total. The van der Waals surface area contributed by atoms with E-state index >= 15 is 0 Å². The first-order valence-electron chi connectivity index (χ1n) is 9.88. The highest BCUT2D eigenvalue weighted by Crippen LogP contribution is 2.47. The number of nitrogens with one attached hydrogen (secondary N) is 2. The molecule has 0 bridgehead atoms. The molecule has 0 fully saturated rings. The standard InChI is InChI=1S/C12H30F2N2O17P4/c13-15-5-11(7-17)8-32-36(23,24)29-3-1-27-35(21,22)28-2-4-30-37(25,26)33-10-12(6-16-14)9-31-34(18,19)20/h11-12,15-17H,1-10H2,(H,21,22)(H,23,24)(H,25,26)(H2,18,19,20). The first kappa shape index (κ1) is 37.2. The maximum atomic E-state index is 12.3. The number of aliphatic hydroxyl groups is 1. The lowest BCUT2D eigenvalue weighted by atomic mass is 10.2. The van der Waals surface area contributed by atoms with E-state index in [9.17, 15) is 41.9 Å². The van der Waals surface area contributed by atoms with E-state index in [1.54, 1.807) is 0 Å². The third-order valence-corrected chi connectivity index (χ3v) is 7.07. The lowest BCUT2D eigenvalue weighted by Crippen LogP contribution is -2.25. The molecule has 0 aliphatic carbocycles. The average molecular weight is 636 g/mol.